The van der Waals surface area contributed by atoms with Gasteiger partial charge in [0.1, 0.15) is 0 Å². The van der Waals surface area contributed by atoms with Crippen LogP contribution in [0.15, 0.2) is 23.1 Å². The fraction of sp³-hybridized carbons (Fsp3) is 0.300. The van der Waals surface area contributed by atoms with Crippen molar-refractivity contribution >= 4 is 15.9 Å². The van der Waals surface area contributed by atoms with Gasteiger partial charge in [0.15, 0.2) is 11.6 Å². The predicted octanol–water partition coefficient (Wildman–Crippen LogP) is 0.331. The molecule has 0 aliphatic carbocycles. The molecule has 100 valence electrons. The molecule has 1 rings (SSSR count). The first-order valence-electron chi connectivity index (χ1n) is 4.89. The van der Waals surface area contributed by atoms with Crippen LogP contribution in [0.3, 0.4) is 0 Å². The number of carbonyl (C=O) groups is 1. The standard InChI is InChI=1S/C10H12F2N2O3S/c1-14(2)10(15)6-13-18(16,17)7-3-4-8(11)9(12)5-7/h3-5,13H,6H2,1-2H3. The minimum Gasteiger partial charge on any atom is -0.348 e. The molecule has 0 atom stereocenters. The van der Waals surface area contributed by atoms with Gasteiger partial charge in [-0.1, -0.05) is 0 Å². The summed E-state index contributed by atoms with van der Waals surface area (Å²) >= 11 is 0. The molecule has 0 aromatic heterocycles. The first-order valence-corrected chi connectivity index (χ1v) is 6.37. The van der Waals surface area contributed by atoms with Crippen molar-refractivity contribution < 1.29 is 22.0 Å². The Kier molecular flexibility index (Phi) is 4.36. The van der Waals surface area contributed by atoms with Crippen LogP contribution in [-0.4, -0.2) is 39.9 Å². The molecule has 1 aromatic carbocycles. The number of nitrogens with zero attached hydrogens (tertiary/aromatic N) is 1. The largest absolute Gasteiger partial charge is 0.348 e. The smallest absolute Gasteiger partial charge is 0.241 e. The summed E-state index contributed by atoms with van der Waals surface area (Å²) in [5, 5.41) is 0. The zero-order chi connectivity index (χ0) is 13.9. The van der Waals surface area contributed by atoms with Gasteiger partial charge in [-0.3, -0.25) is 4.79 Å². The molecule has 0 heterocycles. The Bertz CT molecular complexity index is 558. The van der Waals surface area contributed by atoms with E-state index in [0.717, 1.165) is 6.07 Å². The highest BCUT2D eigenvalue weighted by Crippen LogP contribution is 2.13. The quantitative estimate of drug-likeness (QED) is 0.863. The van der Waals surface area contributed by atoms with Crippen molar-refractivity contribution in [1.82, 2.24) is 9.62 Å². The Morgan fingerprint density at radius 3 is 2.39 bits per heavy atom. The lowest BCUT2D eigenvalue weighted by molar-refractivity contribution is -0.127. The summed E-state index contributed by atoms with van der Waals surface area (Å²) in [4.78, 5) is 12.0. The molecule has 18 heavy (non-hydrogen) atoms. The lowest BCUT2D eigenvalue weighted by Gasteiger charge is -2.11. The van der Waals surface area contributed by atoms with Gasteiger partial charge >= 0.3 is 0 Å². The van der Waals surface area contributed by atoms with E-state index in [2.05, 4.69) is 0 Å². The number of amides is 1. The fourth-order valence-electron chi connectivity index (χ4n) is 1.04. The molecule has 0 bridgehead atoms. The molecule has 5 nitrogen and oxygen atoms in total. The second kappa shape index (κ2) is 5.40. The summed E-state index contributed by atoms with van der Waals surface area (Å²) in [5.74, 6) is -2.86. The zero-order valence-corrected chi connectivity index (χ0v) is 10.6. The van der Waals surface area contributed by atoms with Crippen LogP contribution in [0.5, 0.6) is 0 Å². The zero-order valence-electron chi connectivity index (χ0n) is 9.78. The number of hydrogen-bond acceptors (Lipinski definition) is 3. The highest BCUT2D eigenvalue weighted by Gasteiger charge is 2.17. The third kappa shape index (κ3) is 3.47. The molecule has 1 amide bonds. The predicted molar refractivity (Wildman–Crippen MR) is 60.2 cm³/mol. The SMILES string of the molecule is CN(C)C(=O)CNS(=O)(=O)c1ccc(F)c(F)c1. The van der Waals surface area contributed by atoms with Crippen LogP contribution < -0.4 is 4.72 Å². The van der Waals surface area contributed by atoms with Gasteiger partial charge in [0.05, 0.1) is 11.4 Å². The van der Waals surface area contributed by atoms with Crippen LogP contribution in [0.1, 0.15) is 0 Å². The monoisotopic (exact) mass is 278 g/mol. The first kappa shape index (κ1) is 14.5. The van der Waals surface area contributed by atoms with Gasteiger partial charge in [-0.2, -0.15) is 0 Å². The first-order chi connectivity index (χ1) is 8.24. The van der Waals surface area contributed by atoms with E-state index in [1.165, 1.54) is 19.0 Å². The van der Waals surface area contributed by atoms with E-state index in [9.17, 15) is 22.0 Å². The molecular formula is C10H12F2N2O3S. The lowest BCUT2D eigenvalue weighted by Crippen LogP contribution is -2.36. The average Bonchev–Trinajstić information content (AvgIpc) is 2.29. The van der Waals surface area contributed by atoms with E-state index < -0.39 is 39.0 Å². The Labute approximate surface area is 103 Å². The van der Waals surface area contributed by atoms with Crippen molar-refractivity contribution in [3.63, 3.8) is 0 Å². The third-order valence-corrected chi connectivity index (χ3v) is 3.51. The van der Waals surface area contributed by atoms with Crippen LogP contribution in [0.2, 0.25) is 0 Å². The highest BCUT2D eigenvalue weighted by molar-refractivity contribution is 7.89. The third-order valence-electron chi connectivity index (χ3n) is 2.11. The van der Waals surface area contributed by atoms with E-state index in [4.69, 9.17) is 0 Å². The lowest BCUT2D eigenvalue weighted by atomic mass is 10.3. The van der Waals surface area contributed by atoms with Gasteiger partial charge in [0.2, 0.25) is 15.9 Å². The Morgan fingerprint density at radius 2 is 1.89 bits per heavy atom. The normalized spacial score (nSPS) is 11.3. The fourth-order valence-corrected chi connectivity index (χ4v) is 2.03. The summed E-state index contributed by atoms with van der Waals surface area (Å²) in [6.07, 6.45) is 0. The van der Waals surface area contributed by atoms with E-state index in [0.29, 0.717) is 12.1 Å². The number of hydrogen-bond donors (Lipinski definition) is 1. The Hall–Kier alpha value is -1.54. The summed E-state index contributed by atoms with van der Waals surface area (Å²) in [6, 6.07) is 2.18. The molecule has 0 aliphatic rings. The van der Waals surface area contributed by atoms with Gasteiger partial charge in [-0.25, -0.2) is 21.9 Å². The topological polar surface area (TPSA) is 66.5 Å². The number of benzene rings is 1. The van der Waals surface area contributed by atoms with Gasteiger partial charge in [-0.05, 0) is 18.2 Å². The van der Waals surface area contributed by atoms with Gasteiger partial charge in [-0.15, -0.1) is 0 Å². The molecular weight excluding hydrogens is 266 g/mol. The maximum Gasteiger partial charge on any atom is 0.241 e. The van der Waals surface area contributed by atoms with Crippen molar-refractivity contribution in [3.05, 3.63) is 29.8 Å². The highest BCUT2D eigenvalue weighted by atomic mass is 32.2. The summed E-state index contributed by atoms with van der Waals surface area (Å²) in [7, 11) is -1.10. The van der Waals surface area contributed by atoms with E-state index in [1.807, 2.05) is 4.72 Å². The van der Waals surface area contributed by atoms with Crippen LogP contribution >= 0.6 is 0 Å². The molecule has 8 heteroatoms. The molecule has 1 aromatic rings. The maximum atomic E-state index is 12.9. The van der Waals surface area contributed by atoms with Crippen molar-refractivity contribution in [2.24, 2.45) is 0 Å². The summed E-state index contributed by atoms with van der Waals surface area (Å²) in [5.41, 5.74) is 0. The molecule has 0 unspecified atom stereocenters. The van der Waals surface area contributed by atoms with Crippen molar-refractivity contribution in [1.29, 1.82) is 0 Å². The number of rotatable bonds is 4. The van der Waals surface area contributed by atoms with E-state index in [-0.39, 0.29) is 0 Å². The molecule has 0 saturated heterocycles. The van der Waals surface area contributed by atoms with Crippen molar-refractivity contribution in [2.45, 2.75) is 4.90 Å². The van der Waals surface area contributed by atoms with E-state index >= 15 is 0 Å². The van der Waals surface area contributed by atoms with Crippen LogP contribution in [0.25, 0.3) is 0 Å². The molecule has 0 saturated carbocycles. The Balaban J connectivity index is 2.87. The number of nitrogens with one attached hydrogen (secondary N) is 1. The minimum atomic E-state index is -4.03. The van der Waals surface area contributed by atoms with Crippen LogP contribution in [0, 0.1) is 11.6 Å². The number of carbonyl (C=O) groups excluding carboxylic acids is 1. The molecule has 1 N–H and O–H groups in total. The number of halogens is 2. The molecule has 0 radical (unpaired) electrons. The molecule has 0 fully saturated rings. The average molecular weight is 278 g/mol. The van der Waals surface area contributed by atoms with Crippen LogP contribution in [-0.2, 0) is 14.8 Å². The maximum absolute atomic E-state index is 12.9. The Morgan fingerprint density at radius 1 is 1.28 bits per heavy atom. The second-order valence-electron chi connectivity index (χ2n) is 3.69. The summed E-state index contributed by atoms with van der Waals surface area (Å²) < 4.78 is 50.8. The van der Waals surface area contributed by atoms with Crippen molar-refractivity contribution in [2.75, 3.05) is 20.6 Å². The number of likely N-dealkylation sites (N-methyl/N-ethyl adjacent to an activating group) is 1. The van der Waals surface area contributed by atoms with Gasteiger partial charge in [0.25, 0.3) is 0 Å². The van der Waals surface area contributed by atoms with Gasteiger partial charge in [0, 0.05) is 14.1 Å². The summed E-state index contributed by atoms with van der Waals surface area (Å²) in [6.45, 7) is -0.450. The van der Waals surface area contributed by atoms with Crippen LogP contribution in [0.4, 0.5) is 8.78 Å². The molecule has 0 aliphatic heterocycles. The number of sulfonamides is 1. The van der Waals surface area contributed by atoms with Crippen molar-refractivity contribution in [3.8, 4) is 0 Å². The minimum absolute atomic E-state index is 0.437. The molecule has 0 spiro atoms. The van der Waals surface area contributed by atoms with Gasteiger partial charge < -0.3 is 4.90 Å². The van der Waals surface area contributed by atoms with E-state index in [1.54, 1.807) is 0 Å². The second-order valence-corrected chi connectivity index (χ2v) is 5.46.